The number of anilines is 2. The normalized spacial score (nSPS) is 19.2. The van der Waals surface area contributed by atoms with Gasteiger partial charge in [0.1, 0.15) is 13.2 Å². The number of rotatable bonds is 5. The molecule has 2 atom stereocenters. The lowest BCUT2D eigenvalue weighted by Gasteiger charge is -2.23. The van der Waals surface area contributed by atoms with Crippen molar-refractivity contribution < 1.29 is 19.1 Å². The molecule has 6 nitrogen and oxygen atoms in total. The van der Waals surface area contributed by atoms with Crippen LogP contribution in [0.25, 0.3) is 0 Å². The average Bonchev–Trinajstić information content (AvgIpc) is 3.14. The third-order valence-corrected chi connectivity index (χ3v) is 5.68. The first-order valence-electron chi connectivity index (χ1n) is 10.2. The molecule has 1 N–H and O–H groups in total. The molecule has 0 bridgehead atoms. The van der Waals surface area contributed by atoms with E-state index in [1.54, 1.807) is 23.1 Å². The fraction of sp³-hybridized carbons (Fsp3) is 0.391. The number of carbonyl (C=O) groups is 2. The summed E-state index contributed by atoms with van der Waals surface area (Å²) in [6, 6.07) is 13.3. The molecule has 29 heavy (non-hydrogen) atoms. The fourth-order valence-corrected chi connectivity index (χ4v) is 3.85. The Kier molecular flexibility index (Phi) is 5.43. The van der Waals surface area contributed by atoms with Crippen LogP contribution in [-0.4, -0.2) is 31.6 Å². The molecule has 2 amide bonds. The lowest BCUT2D eigenvalue weighted by molar-refractivity contribution is -0.122. The van der Waals surface area contributed by atoms with Crippen molar-refractivity contribution in [2.45, 2.75) is 32.6 Å². The molecule has 0 spiro atoms. The molecule has 0 saturated carbocycles. The van der Waals surface area contributed by atoms with Gasteiger partial charge in [-0.15, -0.1) is 0 Å². The van der Waals surface area contributed by atoms with E-state index in [9.17, 15) is 9.59 Å². The van der Waals surface area contributed by atoms with Gasteiger partial charge in [0, 0.05) is 30.4 Å². The van der Waals surface area contributed by atoms with Gasteiger partial charge in [-0.3, -0.25) is 9.59 Å². The van der Waals surface area contributed by atoms with Gasteiger partial charge in [0.05, 0.1) is 5.92 Å². The topological polar surface area (TPSA) is 67.9 Å². The summed E-state index contributed by atoms with van der Waals surface area (Å²) < 4.78 is 11.1. The minimum absolute atomic E-state index is 0.0110. The number of fused-ring (bicyclic) bond motifs is 1. The first kappa shape index (κ1) is 19.3. The largest absolute Gasteiger partial charge is 0.486 e. The lowest BCUT2D eigenvalue weighted by atomic mass is 9.96. The number of nitrogens with zero attached hydrogens (tertiary/aromatic N) is 1. The number of para-hydroxylation sites is 1. The van der Waals surface area contributed by atoms with E-state index in [0.29, 0.717) is 42.9 Å². The second kappa shape index (κ2) is 8.15. The van der Waals surface area contributed by atoms with Crippen molar-refractivity contribution in [1.82, 2.24) is 0 Å². The smallest absolute Gasteiger partial charge is 0.229 e. The van der Waals surface area contributed by atoms with E-state index in [2.05, 4.69) is 25.2 Å². The van der Waals surface area contributed by atoms with Crippen molar-refractivity contribution >= 4 is 23.2 Å². The molecule has 2 aromatic rings. The zero-order valence-electron chi connectivity index (χ0n) is 16.8. The van der Waals surface area contributed by atoms with Crippen molar-refractivity contribution in [3.05, 3.63) is 48.0 Å². The number of amides is 2. The molecule has 4 rings (SSSR count). The Morgan fingerprint density at radius 1 is 1.17 bits per heavy atom. The van der Waals surface area contributed by atoms with Crippen LogP contribution in [0, 0.1) is 5.92 Å². The number of hydrogen-bond donors (Lipinski definition) is 1. The summed E-state index contributed by atoms with van der Waals surface area (Å²) in [5.41, 5.74) is 2.71. The molecule has 0 radical (unpaired) electrons. The summed E-state index contributed by atoms with van der Waals surface area (Å²) in [5, 5.41) is 2.92. The van der Waals surface area contributed by atoms with Crippen molar-refractivity contribution in [1.29, 1.82) is 0 Å². The van der Waals surface area contributed by atoms with Crippen LogP contribution in [0.5, 0.6) is 11.5 Å². The molecule has 2 heterocycles. The summed E-state index contributed by atoms with van der Waals surface area (Å²) >= 11 is 0. The van der Waals surface area contributed by atoms with Gasteiger partial charge in [-0.1, -0.05) is 32.0 Å². The SMILES string of the molecule is CCC(C)c1ccccc1N1CC(C(=O)Nc2ccc3c(c2)OCCO3)CC1=O. The molecular weight excluding hydrogens is 368 g/mol. The third-order valence-electron chi connectivity index (χ3n) is 5.68. The molecule has 0 aliphatic carbocycles. The summed E-state index contributed by atoms with van der Waals surface area (Å²) in [5.74, 6) is 1.10. The highest BCUT2D eigenvalue weighted by molar-refractivity contribution is 6.04. The van der Waals surface area contributed by atoms with Crippen molar-refractivity contribution in [2.75, 3.05) is 30.0 Å². The first-order chi connectivity index (χ1) is 14.1. The van der Waals surface area contributed by atoms with Gasteiger partial charge in [0.2, 0.25) is 11.8 Å². The maximum absolute atomic E-state index is 12.8. The number of ether oxygens (including phenoxy) is 2. The molecular formula is C23H26N2O4. The minimum atomic E-state index is -0.388. The Hall–Kier alpha value is -3.02. The van der Waals surface area contributed by atoms with E-state index in [0.717, 1.165) is 17.7 Å². The highest BCUT2D eigenvalue weighted by atomic mass is 16.6. The Labute approximate surface area is 170 Å². The third kappa shape index (κ3) is 3.92. The van der Waals surface area contributed by atoms with Crippen LogP contribution >= 0.6 is 0 Å². The van der Waals surface area contributed by atoms with Crippen molar-refractivity contribution in [3.8, 4) is 11.5 Å². The van der Waals surface area contributed by atoms with Crippen LogP contribution in [-0.2, 0) is 9.59 Å². The van der Waals surface area contributed by atoms with Crippen LogP contribution in [0.2, 0.25) is 0 Å². The summed E-state index contributed by atoms with van der Waals surface area (Å²) in [6.45, 7) is 5.70. The second-order valence-electron chi connectivity index (χ2n) is 7.62. The Morgan fingerprint density at radius 2 is 1.93 bits per heavy atom. The number of hydrogen-bond acceptors (Lipinski definition) is 4. The van der Waals surface area contributed by atoms with Gasteiger partial charge in [-0.2, -0.15) is 0 Å². The average molecular weight is 394 g/mol. The van der Waals surface area contributed by atoms with Gasteiger partial charge in [-0.05, 0) is 36.1 Å². The molecule has 2 aliphatic rings. The van der Waals surface area contributed by atoms with Crippen LogP contribution in [0.4, 0.5) is 11.4 Å². The van der Waals surface area contributed by atoms with E-state index in [1.165, 1.54) is 0 Å². The molecule has 1 saturated heterocycles. The van der Waals surface area contributed by atoms with Gasteiger partial charge >= 0.3 is 0 Å². The standard InChI is InChI=1S/C23H26N2O4/c1-3-15(2)18-6-4-5-7-19(18)25-14-16(12-22(25)26)23(27)24-17-8-9-20-21(13-17)29-11-10-28-20/h4-9,13,15-16H,3,10-12,14H2,1-2H3,(H,24,27). The molecule has 152 valence electrons. The van der Waals surface area contributed by atoms with Crippen LogP contribution in [0.1, 0.15) is 38.2 Å². The number of carbonyl (C=O) groups excluding carboxylic acids is 2. The van der Waals surface area contributed by atoms with E-state index >= 15 is 0 Å². The maximum atomic E-state index is 12.8. The molecule has 2 aromatic carbocycles. The molecule has 1 fully saturated rings. The van der Waals surface area contributed by atoms with Crippen LogP contribution in [0.15, 0.2) is 42.5 Å². The Balaban J connectivity index is 1.48. The highest BCUT2D eigenvalue weighted by Crippen LogP contribution is 2.35. The van der Waals surface area contributed by atoms with E-state index in [1.807, 2.05) is 18.2 Å². The van der Waals surface area contributed by atoms with E-state index < -0.39 is 0 Å². The van der Waals surface area contributed by atoms with Crippen molar-refractivity contribution in [3.63, 3.8) is 0 Å². The van der Waals surface area contributed by atoms with Gasteiger partial charge < -0.3 is 19.7 Å². The fourth-order valence-electron chi connectivity index (χ4n) is 3.85. The number of nitrogens with one attached hydrogen (secondary N) is 1. The lowest BCUT2D eigenvalue weighted by Crippen LogP contribution is -2.29. The zero-order valence-corrected chi connectivity index (χ0v) is 16.8. The summed E-state index contributed by atoms with van der Waals surface area (Å²) in [6.07, 6.45) is 1.21. The molecule has 2 unspecified atom stereocenters. The van der Waals surface area contributed by atoms with Crippen molar-refractivity contribution in [2.24, 2.45) is 5.92 Å². The molecule has 0 aromatic heterocycles. The van der Waals surface area contributed by atoms with Gasteiger partial charge in [0.25, 0.3) is 0 Å². The van der Waals surface area contributed by atoms with Crippen LogP contribution in [0.3, 0.4) is 0 Å². The first-order valence-corrected chi connectivity index (χ1v) is 10.2. The maximum Gasteiger partial charge on any atom is 0.229 e. The van der Waals surface area contributed by atoms with Crippen LogP contribution < -0.4 is 19.7 Å². The summed E-state index contributed by atoms with van der Waals surface area (Å²) in [4.78, 5) is 27.3. The minimum Gasteiger partial charge on any atom is -0.486 e. The quantitative estimate of drug-likeness (QED) is 0.833. The predicted molar refractivity (Wildman–Crippen MR) is 112 cm³/mol. The van der Waals surface area contributed by atoms with Gasteiger partial charge in [-0.25, -0.2) is 0 Å². The Bertz CT molecular complexity index is 927. The molecule has 6 heteroatoms. The number of benzene rings is 2. The monoisotopic (exact) mass is 394 g/mol. The van der Waals surface area contributed by atoms with E-state index in [4.69, 9.17) is 9.47 Å². The highest BCUT2D eigenvalue weighted by Gasteiger charge is 2.36. The van der Waals surface area contributed by atoms with E-state index in [-0.39, 0.29) is 24.2 Å². The predicted octanol–water partition coefficient (Wildman–Crippen LogP) is 3.96. The van der Waals surface area contributed by atoms with Gasteiger partial charge in [0.15, 0.2) is 11.5 Å². The Morgan fingerprint density at radius 3 is 2.72 bits per heavy atom. The zero-order chi connectivity index (χ0) is 20.4. The second-order valence-corrected chi connectivity index (χ2v) is 7.62. The molecule has 2 aliphatic heterocycles. The summed E-state index contributed by atoms with van der Waals surface area (Å²) in [7, 11) is 0.